The zero-order chi connectivity index (χ0) is 25.5. The summed E-state index contributed by atoms with van der Waals surface area (Å²) in [5.74, 6) is 3.30. The highest BCUT2D eigenvalue weighted by molar-refractivity contribution is 7.85. The van der Waals surface area contributed by atoms with Gasteiger partial charge in [0.15, 0.2) is 0 Å². The molecule has 0 radical (unpaired) electrons. The summed E-state index contributed by atoms with van der Waals surface area (Å²) in [6, 6.07) is 41.4. The summed E-state index contributed by atoms with van der Waals surface area (Å²) in [6.07, 6.45) is 5.45. The van der Waals surface area contributed by atoms with E-state index in [0.29, 0.717) is 22.7 Å². The highest BCUT2D eigenvalue weighted by Gasteiger charge is 2.16. The molecule has 0 amide bonds. The van der Waals surface area contributed by atoms with Gasteiger partial charge in [0.25, 0.3) is 0 Å². The van der Waals surface area contributed by atoms with Crippen molar-refractivity contribution in [1.29, 1.82) is 0 Å². The van der Waals surface area contributed by atoms with Crippen molar-refractivity contribution in [3.63, 3.8) is 0 Å². The first-order valence-corrected chi connectivity index (χ1v) is 13.0. The molecule has 0 aliphatic rings. The van der Waals surface area contributed by atoms with Gasteiger partial charge in [-0.15, -0.1) is 10.8 Å². The Morgan fingerprint density at radius 1 is 0.541 bits per heavy atom. The quantitative estimate of drug-likeness (QED) is 0.212. The Balaban J connectivity index is 1.45. The number of benzene rings is 5. The predicted octanol–water partition coefficient (Wildman–Crippen LogP) is 8.09. The van der Waals surface area contributed by atoms with Gasteiger partial charge in [0.05, 0.1) is 5.69 Å². The first-order valence-electron chi connectivity index (χ1n) is 11.6. The summed E-state index contributed by atoms with van der Waals surface area (Å²) in [5, 5.41) is 0. The van der Waals surface area contributed by atoms with E-state index in [1.54, 1.807) is 48.5 Å². The lowest BCUT2D eigenvalue weighted by Gasteiger charge is -2.14. The maximum absolute atomic E-state index is 13.9. The highest BCUT2D eigenvalue weighted by Crippen LogP contribution is 2.28. The summed E-state index contributed by atoms with van der Waals surface area (Å²) in [6.45, 7) is 0. The van der Waals surface area contributed by atoms with Gasteiger partial charge in [-0.1, -0.05) is 90.8 Å². The largest absolute Gasteiger partial charge is 0.393 e. The molecule has 0 unspecified atom stereocenters. The molecule has 0 atom stereocenters. The van der Waals surface area contributed by atoms with Crippen LogP contribution < -0.4 is 8.37 Å². The van der Waals surface area contributed by atoms with Crippen LogP contribution in [0.25, 0.3) is 22.3 Å². The Kier molecular flexibility index (Phi) is 7.02. The molecule has 0 fully saturated rings. The van der Waals surface area contributed by atoms with Gasteiger partial charge in [-0.3, -0.25) is 0 Å². The van der Waals surface area contributed by atoms with Gasteiger partial charge in [0.2, 0.25) is 0 Å². The van der Waals surface area contributed by atoms with E-state index in [4.69, 9.17) is 14.8 Å². The predicted molar refractivity (Wildman–Crippen MR) is 150 cm³/mol. The first kappa shape index (κ1) is 23.9. The minimum atomic E-state index is -3.65. The van der Waals surface area contributed by atoms with Crippen LogP contribution in [0, 0.1) is 12.3 Å². The Bertz CT molecular complexity index is 1540. The molecule has 0 saturated carbocycles. The van der Waals surface area contributed by atoms with Crippen molar-refractivity contribution >= 4 is 16.0 Å². The van der Waals surface area contributed by atoms with Crippen LogP contribution in [0.3, 0.4) is 0 Å². The molecule has 180 valence electrons. The number of terminal acetylenes is 1. The van der Waals surface area contributed by atoms with E-state index < -0.39 is 10.3 Å². The van der Waals surface area contributed by atoms with Crippen LogP contribution in [0.15, 0.2) is 138 Å². The average molecular weight is 502 g/mol. The summed E-state index contributed by atoms with van der Waals surface area (Å²) in [4.78, 5) is 0. The maximum atomic E-state index is 13.9. The zero-order valence-electron chi connectivity index (χ0n) is 19.9. The Hall–Kier alpha value is -4.79. The Morgan fingerprint density at radius 3 is 1.35 bits per heavy atom. The number of hydrogen-bond donors (Lipinski definition) is 0. The van der Waals surface area contributed by atoms with Crippen LogP contribution in [-0.2, 0) is 10.3 Å². The van der Waals surface area contributed by atoms with Crippen LogP contribution >= 0.6 is 0 Å². The van der Waals surface area contributed by atoms with Gasteiger partial charge in [0.1, 0.15) is 11.5 Å². The topological polar surface area (TPSA) is 47.9 Å². The van der Waals surface area contributed by atoms with Crippen molar-refractivity contribution in [3.8, 4) is 46.1 Å². The smallest absolute Gasteiger partial charge is 0.368 e. The summed E-state index contributed by atoms with van der Waals surface area (Å²) < 4.78 is 30.0. The third-order valence-corrected chi connectivity index (χ3v) is 6.82. The molecule has 0 bridgehead atoms. The van der Waals surface area contributed by atoms with Crippen molar-refractivity contribution in [1.82, 2.24) is 0 Å². The fraction of sp³-hybridized carbons (Fsp3) is 0. The van der Waals surface area contributed by atoms with E-state index in [0.717, 1.165) is 22.3 Å². The van der Waals surface area contributed by atoms with Crippen molar-refractivity contribution in [3.05, 3.63) is 139 Å². The van der Waals surface area contributed by atoms with Gasteiger partial charge in [-0.2, -0.15) is 4.21 Å². The zero-order valence-corrected chi connectivity index (χ0v) is 20.7. The van der Waals surface area contributed by atoms with E-state index in [9.17, 15) is 4.21 Å². The van der Waals surface area contributed by atoms with Crippen molar-refractivity contribution in [2.75, 3.05) is 0 Å². The molecule has 37 heavy (non-hydrogen) atoms. The first-order chi connectivity index (χ1) is 18.1. The molecule has 0 spiro atoms. The number of nitrogens with zero attached hydrogens (tertiary/aromatic N) is 1. The number of rotatable bonds is 7. The molecule has 5 aromatic rings. The lowest BCUT2D eigenvalue weighted by molar-refractivity contribution is 0.448. The molecule has 0 aliphatic carbocycles. The molecule has 0 heterocycles. The van der Waals surface area contributed by atoms with Gasteiger partial charge in [-0.25, -0.2) is 0 Å². The minimum absolute atomic E-state index is 0.370. The second-order valence-electron chi connectivity index (χ2n) is 8.16. The third kappa shape index (κ3) is 6.07. The SMILES string of the molecule is C#Cc1ccc(N=S(=O)(Oc2ccc(-c3ccccc3)cc2)Oc2ccc(-c3ccccc3)cc2)cc1. The van der Waals surface area contributed by atoms with Crippen LogP contribution in [-0.4, -0.2) is 4.21 Å². The molecular formula is C32H23NO3S. The maximum Gasteiger partial charge on any atom is 0.393 e. The van der Waals surface area contributed by atoms with E-state index in [1.165, 1.54) is 0 Å². The molecule has 0 aromatic heterocycles. The fourth-order valence-electron chi connectivity index (χ4n) is 3.71. The van der Waals surface area contributed by atoms with Crippen LogP contribution in [0.4, 0.5) is 5.69 Å². The van der Waals surface area contributed by atoms with Crippen molar-refractivity contribution in [2.45, 2.75) is 0 Å². The molecule has 5 aromatic carbocycles. The van der Waals surface area contributed by atoms with Gasteiger partial charge >= 0.3 is 10.3 Å². The van der Waals surface area contributed by atoms with Gasteiger partial charge in [-0.05, 0) is 70.8 Å². The molecule has 4 nitrogen and oxygen atoms in total. The molecule has 0 saturated heterocycles. The van der Waals surface area contributed by atoms with Crippen molar-refractivity contribution in [2.24, 2.45) is 4.36 Å². The Labute approximate surface area is 217 Å². The number of hydrogen-bond acceptors (Lipinski definition) is 4. The fourth-order valence-corrected chi connectivity index (χ4v) is 4.91. The van der Waals surface area contributed by atoms with E-state index >= 15 is 0 Å². The summed E-state index contributed by atoms with van der Waals surface area (Å²) in [5.41, 5.74) is 5.29. The third-order valence-electron chi connectivity index (χ3n) is 5.58. The van der Waals surface area contributed by atoms with Crippen LogP contribution in [0.2, 0.25) is 0 Å². The molecule has 0 aliphatic heterocycles. The summed E-state index contributed by atoms with van der Waals surface area (Å²) >= 11 is 0. The highest BCUT2D eigenvalue weighted by atomic mass is 32.2. The monoisotopic (exact) mass is 501 g/mol. The second-order valence-corrected chi connectivity index (χ2v) is 9.53. The second kappa shape index (κ2) is 10.9. The van der Waals surface area contributed by atoms with Gasteiger partial charge in [0, 0.05) is 5.56 Å². The molecular weight excluding hydrogens is 478 g/mol. The van der Waals surface area contributed by atoms with Gasteiger partial charge < -0.3 is 8.37 Å². The lowest BCUT2D eigenvalue weighted by Crippen LogP contribution is -2.16. The molecule has 0 N–H and O–H groups in total. The average Bonchev–Trinajstić information content (AvgIpc) is 2.95. The molecule has 5 heteroatoms. The summed E-state index contributed by atoms with van der Waals surface area (Å²) in [7, 11) is -3.65. The van der Waals surface area contributed by atoms with E-state index in [2.05, 4.69) is 10.3 Å². The van der Waals surface area contributed by atoms with Crippen LogP contribution in [0.1, 0.15) is 5.56 Å². The van der Waals surface area contributed by atoms with E-state index in [-0.39, 0.29) is 0 Å². The van der Waals surface area contributed by atoms with E-state index in [1.807, 2.05) is 84.9 Å². The standard InChI is InChI=1S/C32H23NO3S/c1-2-25-13-19-30(20-14-25)33-37(34,35-31-21-15-28(16-22-31)26-9-5-3-6-10-26)36-32-23-17-29(18-24-32)27-11-7-4-8-12-27/h1,3-24H. The Morgan fingerprint density at radius 2 is 0.946 bits per heavy atom. The van der Waals surface area contributed by atoms with Crippen molar-refractivity contribution < 1.29 is 12.6 Å². The minimum Gasteiger partial charge on any atom is -0.368 e. The lowest BCUT2D eigenvalue weighted by atomic mass is 10.1. The molecule has 5 rings (SSSR count). The normalized spacial score (nSPS) is 10.8. The van der Waals surface area contributed by atoms with Crippen LogP contribution in [0.5, 0.6) is 11.5 Å².